The van der Waals surface area contributed by atoms with Gasteiger partial charge in [-0.2, -0.15) is 0 Å². The summed E-state index contributed by atoms with van der Waals surface area (Å²) >= 11 is 2.99. The van der Waals surface area contributed by atoms with E-state index in [2.05, 4.69) is 10.3 Å². The van der Waals surface area contributed by atoms with Gasteiger partial charge in [-0.1, -0.05) is 24.3 Å². The molecular weight excluding hydrogens is 366 g/mol. The first-order valence-corrected chi connectivity index (χ1v) is 9.85. The third-order valence-electron chi connectivity index (χ3n) is 3.96. The Balaban J connectivity index is 1.36. The van der Waals surface area contributed by atoms with E-state index in [9.17, 15) is 9.59 Å². The third kappa shape index (κ3) is 3.44. The number of fused-ring (bicyclic) bond motifs is 1. The van der Waals surface area contributed by atoms with Crippen LogP contribution in [0.4, 0.5) is 5.13 Å². The molecular formula is C19H15N3O2S2. The predicted molar refractivity (Wildman–Crippen MR) is 106 cm³/mol. The van der Waals surface area contributed by atoms with Crippen LogP contribution in [0.15, 0.2) is 59.4 Å². The van der Waals surface area contributed by atoms with E-state index in [1.54, 1.807) is 22.1 Å². The van der Waals surface area contributed by atoms with Gasteiger partial charge in [0, 0.05) is 29.8 Å². The van der Waals surface area contributed by atoms with Gasteiger partial charge in [0.1, 0.15) is 0 Å². The summed E-state index contributed by atoms with van der Waals surface area (Å²) in [6.45, 7) is 0. The maximum absolute atomic E-state index is 12.4. The molecule has 0 bridgehead atoms. The van der Waals surface area contributed by atoms with E-state index < -0.39 is 0 Å². The molecule has 0 fully saturated rings. The van der Waals surface area contributed by atoms with E-state index >= 15 is 0 Å². The van der Waals surface area contributed by atoms with Crippen LogP contribution in [0.1, 0.15) is 17.6 Å². The van der Waals surface area contributed by atoms with Gasteiger partial charge in [-0.15, -0.1) is 22.7 Å². The second-order valence-corrected chi connectivity index (χ2v) is 7.51. The van der Waals surface area contributed by atoms with E-state index in [1.807, 2.05) is 53.2 Å². The minimum Gasteiger partial charge on any atom is -0.302 e. The first-order chi connectivity index (χ1) is 12.7. The number of carbonyl (C=O) groups is 2. The number of carbonyl (C=O) groups excluding carboxylic acids is 2. The summed E-state index contributed by atoms with van der Waals surface area (Å²) in [5.41, 5.74) is 1.72. The van der Waals surface area contributed by atoms with Gasteiger partial charge in [0.15, 0.2) is 5.13 Å². The van der Waals surface area contributed by atoms with Crippen molar-refractivity contribution in [2.75, 3.05) is 5.32 Å². The van der Waals surface area contributed by atoms with E-state index in [0.29, 0.717) is 5.13 Å². The molecule has 0 atom stereocenters. The molecule has 0 aliphatic carbocycles. The van der Waals surface area contributed by atoms with Gasteiger partial charge in [0.25, 0.3) is 0 Å². The zero-order valence-electron chi connectivity index (χ0n) is 13.7. The first kappa shape index (κ1) is 16.7. The van der Waals surface area contributed by atoms with E-state index in [0.717, 1.165) is 21.5 Å². The van der Waals surface area contributed by atoms with Crippen molar-refractivity contribution in [1.29, 1.82) is 0 Å². The molecule has 1 N–H and O–H groups in total. The second kappa shape index (κ2) is 7.23. The molecule has 0 saturated heterocycles. The van der Waals surface area contributed by atoms with Gasteiger partial charge in [0.05, 0.1) is 16.1 Å². The quantitative estimate of drug-likeness (QED) is 0.535. The molecule has 0 unspecified atom stereocenters. The fourth-order valence-corrected chi connectivity index (χ4v) is 4.18. The number of amides is 1. The number of thiophene rings is 1. The molecule has 5 nitrogen and oxygen atoms in total. The van der Waals surface area contributed by atoms with E-state index in [1.165, 1.54) is 11.3 Å². The highest BCUT2D eigenvalue weighted by molar-refractivity contribution is 7.16. The SMILES string of the molecule is O=C(CCC(=O)n1ccc2ccccc21)Nc1nc(-c2cccs2)cs1. The van der Waals surface area contributed by atoms with Crippen molar-refractivity contribution in [1.82, 2.24) is 9.55 Å². The number of nitrogens with one attached hydrogen (secondary N) is 1. The molecule has 0 spiro atoms. The Morgan fingerprint density at radius 3 is 2.77 bits per heavy atom. The van der Waals surface area contributed by atoms with Gasteiger partial charge >= 0.3 is 0 Å². The lowest BCUT2D eigenvalue weighted by Crippen LogP contribution is -2.16. The Morgan fingerprint density at radius 1 is 1.04 bits per heavy atom. The molecule has 3 heterocycles. The summed E-state index contributed by atoms with van der Waals surface area (Å²) in [6, 6.07) is 13.5. The van der Waals surface area contributed by atoms with E-state index in [4.69, 9.17) is 0 Å². The maximum atomic E-state index is 12.4. The predicted octanol–water partition coefficient (Wildman–Crippen LogP) is 4.89. The van der Waals surface area contributed by atoms with Crippen LogP contribution in [0.2, 0.25) is 0 Å². The topological polar surface area (TPSA) is 64.0 Å². The maximum Gasteiger partial charge on any atom is 0.231 e. The summed E-state index contributed by atoms with van der Waals surface area (Å²) in [4.78, 5) is 30.0. The van der Waals surface area contributed by atoms with Crippen LogP contribution >= 0.6 is 22.7 Å². The fourth-order valence-electron chi connectivity index (χ4n) is 2.69. The van der Waals surface area contributed by atoms with Crippen molar-refractivity contribution >= 4 is 50.5 Å². The van der Waals surface area contributed by atoms with Crippen molar-refractivity contribution in [3.8, 4) is 10.6 Å². The molecule has 130 valence electrons. The Labute approximate surface area is 157 Å². The van der Waals surface area contributed by atoms with Crippen LogP contribution in [0.5, 0.6) is 0 Å². The molecule has 7 heteroatoms. The molecule has 4 aromatic rings. The Hall–Kier alpha value is -2.77. The average Bonchev–Trinajstić information content (AvgIpc) is 3.39. The molecule has 0 aliphatic rings. The molecule has 0 radical (unpaired) electrons. The minimum absolute atomic E-state index is 0.0974. The summed E-state index contributed by atoms with van der Waals surface area (Å²) in [5, 5.41) is 8.24. The highest BCUT2D eigenvalue weighted by Crippen LogP contribution is 2.28. The van der Waals surface area contributed by atoms with Crippen LogP contribution in [-0.4, -0.2) is 21.4 Å². The van der Waals surface area contributed by atoms with Crippen LogP contribution in [0.3, 0.4) is 0 Å². The lowest BCUT2D eigenvalue weighted by Gasteiger charge is -2.04. The minimum atomic E-state index is -0.207. The number of benzene rings is 1. The van der Waals surface area contributed by atoms with Crippen LogP contribution < -0.4 is 5.32 Å². The van der Waals surface area contributed by atoms with Gasteiger partial charge in [0.2, 0.25) is 11.8 Å². The van der Waals surface area contributed by atoms with Gasteiger partial charge in [-0.25, -0.2) is 4.98 Å². The van der Waals surface area contributed by atoms with Gasteiger partial charge in [-0.05, 0) is 23.6 Å². The molecule has 4 rings (SSSR count). The lowest BCUT2D eigenvalue weighted by molar-refractivity contribution is -0.116. The van der Waals surface area contributed by atoms with Gasteiger partial charge in [-0.3, -0.25) is 14.2 Å². The van der Waals surface area contributed by atoms with Gasteiger partial charge < -0.3 is 5.32 Å². The monoisotopic (exact) mass is 381 g/mol. The lowest BCUT2D eigenvalue weighted by atomic mass is 10.2. The van der Waals surface area contributed by atoms with Crippen molar-refractivity contribution in [2.45, 2.75) is 12.8 Å². The zero-order valence-corrected chi connectivity index (χ0v) is 15.3. The highest BCUT2D eigenvalue weighted by Gasteiger charge is 2.13. The largest absolute Gasteiger partial charge is 0.302 e. The summed E-state index contributed by atoms with van der Waals surface area (Å²) in [7, 11) is 0. The Bertz CT molecular complexity index is 1060. The number of nitrogens with zero attached hydrogens (tertiary/aromatic N) is 2. The van der Waals surface area contributed by atoms with Crippen molar-refractivity contribution in [2.24, 2.45) is 0 Å². The Morgan fingerprint density at radius 2 is 1.92 bits per heavy atom. The van der Waals surface area contributed by atoms with Crippen molar-refractivity contribution < 1.29 is 9.59 Å². The zero-order chi connectivity index (χ0) is 17.9. The third-order valence-corrected chi connectivity index (χ3v) is 5.61. The van der Waals surface area contributed by atoms with Crippen LogP contribution in [-0.2, 0) is 4.79 Å². The van der Waals surface area contributed by atoms with E-state index in [-0.39, 0.29) is 24.7 Å². The number of aromatic nitrogens is 2. The number of anilines is 1. The van der Waals surface area contributed by atoms with Crippen LogP contribution in [0, 0.1) is 0 Å². The molecule has 1 amide bonds. The number of para-hydroxylation sites is 1. The average molecular weight is 381 g/mol. The Kier molecular flexibility index (Phi) is 4.64. The first-order valence-electron chi connectivity index (χ1n) is 8.09. The molecule has 0 saturated carbocycles. The molecule has 1 aromatic carbocycles. The number of rotatable bonds is 5. The van der Waals surface area contributed by atoms with Crippen LogP contribution in [0.25, 0.3) is 21.5 Å². The summed E-state index contributed by atoms with van der Waals surface area (Å²) < 4.78 is 1.60. The second-order valence-electron chi connectivity index (χ2n) is 5.70. The number of hydrogen-bond acceptors (Lipinski definition) is 5. The molecule has 26 heavy (non-hydrogen) atoms. The number of hydrogen-bond donors (Lipinski definition) is 1. The summed E-state index contributed by atoms with van der Waals surface area (Å²) in [5.74, 6) is -0.304. The summed E-state index contributed by atoms with van der Waals surface area (Å²) in [6.07, 6.45) is 2.02. The highest BCUT2D eigenvalue weighted by atomic mass is 32.1. The molecule has 3 aromatic heterocycles. The fraction of sp³-hybridized carbons (Fsp3) is 0.105. The number of thiazole rings is 1. The normalized spacial score (nSPS) is 10.9. The van der Waals surface area contributed by atoms with Crippen molar-refractivity contribution in [3.05, 3.63) is 59.4 Å². The molecule has 0 aliphatic heterocycles. The van der Waals surface area contributed by atoms with Crippen molar-refractivity contribution in [3.63, 3.8) is 0 Å². The smallest absolute Gasteiger partial charge is 0.231 e. The standard InChI is InChI=1S/C19H15N3O2S2/c23-17(21-19-20-14(12-26-19)16-6-3-11-25-16)7-8-18(24)22-10-9-13-4-1-2-5-15(13)22/h1-6,9-12H,7-8H2,(H,20,21,23).